The summed E-state index contributed by atoms with van der Waals surface area (Å²) >= 11 is 12.2. The van der Waals surface area contributed by atoms with Gasteiger partial charge in [0.1, 0.15) is 6.04 Å². The van der Waals surface area contributed by atoms with Crippen molar-refractivity contribution < 1.29 is 21.6 Å². The van der Waals surface area contributed by atoms with E-state index in [2.05, 4.69) is 0 Å². The lowest BCUT2D eigenvalue weighted by molar-refractivity contribution is -0.133. The van der Waals surface area contributed by atoms with Gasteiger partial charge in [0, 0.05) is 31.2 Å². The number of piperazine rings is 1. The molecule has 33 heavy (non-hydrogen) atoms. The van der Waals surface area contributed by atoms with Crippen molar-refractivity contribution in [2.24, 2.45) is 0 Å². The third-order valence-corrected chi connectivity index (χ3v) is 9.12. The third kappa shape index (κ3) is 5.63. The van der Waals surface area contributed by atoms with Gasteiger partial charge in [-0.2, -0.15) is 4.31 Å². The predicted octanol–water partition coefficient (Wildman–Crippen LogP) is 2.99. The molecule has 1 aliphatic heterocycles. The molecule has 0 radical (unpaired) electrons. The highest BCUT2D eigenvalue weighted by Crippen LogP contribution is 2.32. The van der Waals surface area contributed by atoms with Gasteiger partial charge in [-0.3, -0.25) is 9.10 Å². The summed E-state index contributed by atoms with van der Waals surface area (Å²) in [4.78, 5) is 14.9. The van der Waals surface area contributed by atoms with Crippen LogP contribution in [0.3, 0.4) is 0 Å². The zero-order valence-corrected chi connectivity index (χ0v) is 21.5. The van der Waals surface area contributed by atoms with Crippen molar-refractivity contribution in [2.45, 2.75) is 24.8 Å². The Kier molecular flexibility index (Phi) is 7.65. The van der Waals surface area contributed by atoms with Crippen LogP contribution >= 0.6 is 23.2 Å². The molecule has 1 aliphatic rings. The summed E-state index contributed by atoms with van der Waals surface area (Å²) in [6.07, 6.45) is 0.986. The summed E-state index contributed by atoms with van der Waals surface area (Å²) in [5.74, 6) is -0.455. The average Bonchev–Trinajstić information content (AvgIpc) is 2.75. The number of aryl methyl sites for hydroxylation is 1. The molecular formula is C21H25Cl2N3O5S2. The number of nitrogens with zero attached hydrogens (tertiary/aromatic N) is 3. The highest BCUT2D eigenvalue weighted by atomic mass is 35.5. The zero-order valence-electron chi connectivity index (χ0n) is 18.4. The topological polar surface area (TPSA) is 95.1 Å². The number of carbonyl (C=O) groups is 1. The van der Waals surface area contributed by atoms with E-state index < -0.39 is 32.0 Å². The molecule has 1 heterocycles. The van der Waals surface area contributed by atoms with Gasteiger partial charge in [0.15, 0.2) is 0 Å². The van der Waals surface area contributed by atoms with Crippen LogP contribution in [0.25, 0.3) is 0 Å². The molecule has 0 aliphatic carbocycles. The number of halogens is 2. The summed E-state index contributed by atoms with van der Waals surface area (Å²) < 4.78 is 53.2. The maximum atomic E-state index is 13.2. The van der Waals surface area contributed by atoms with E-state index >= 15 is 0 Å². The Bertz CT molecular complexity index is 1240. The van der Waals surface area contributed by atoms with Crippen molar-refractivity contribution >= 4 is 54.8 Å². The van der Waals surface area contributed by atoms with Gasteiger partial charge in [-0.1, -0.05) is 40.9 Å². The van der Waals surface area contributed by atoms with Crippen molar-refractivity contribution in [2.75, 3.05) is 36.7 Å². The lowest BCUT2D eigenvalue weighted by atomic mass is 10.2. The molecule has 0 spiro atoms. The average molecular weight is 534 g/mol. The van der Waals surface area contributed by atoms with Crippen molar-refractivity contribution in [3.8, 4) is 0 Å². The molecule has 3 rings (SSSR count). The first-order chi connectivity index (χ1) is 15.3. The summed E-state index contributed by atoms with van der Waals surface area (Å²) in [6.45, 7) is 3.82. The quantitative estimate of drug-likeness (QED) is 0.568. The van der Waals surface area contributed by atoms with Crippen LogP contribution in [0.15, 0.2) is 47.4 Å². The van der Waals surface area contributed by atoms with Crippen molar-refractivity contribution in [1.82, 2.24) is 9.21 Å². The second-order valence-electron chi connectivity index (χ2n) is 7.87. The van der Waals surface area contributed by atoms with E-state index in [1.54, 1.807) is 24.3 Å². The molecule has 2 aromatic rings. The Morgan fingerprint density at radius 2 is 1.55 bits per heavy atom. The minimum absolute atomic E-state index is 0.103. The van der Waals surface area contributed by atoms with E-state index in [1.807, 2.05) is 6.92 Å². The number of benzene rings is 2. The van der Waals surface area contributed by atoms with E-state index in [-0.39, 0.29) is 46.8 Å². The van der Waals surface area contributed by atoms with Crippen molar-refractivity contribution in [1.29, 1.82) is 0 Å². The van der Waals surface area contributed by atoms with Crippen molar-refractivity contribution in [3.05, 3.63) is 58.1 Å². The molecule has 1 amide bonds. The maximum Gasteiger partial charge on any atom is 0.246 e. The second-order valence-corrected chi connectivity index (χ2v) is 12.5. The molecule has 2 aromatic carbocycles. The molecule has 1 fully saturated rings. The first kappa shape index (κ1) is 25.8. The number of hydrogen-bond donors (Lipinski definition) is 0. The maximum absolute atomic E-state index is 13.2. The number of sulfonamides is 2. The van der Waals surface area contributed by atoms with Crippen LogP contribution in [-0.2, 0) is 24.8 Å². The van der Waals surface area contributed by atoms with Gasteiger partial charge < -0.3 is 4.90 Å². The monoisotopic (exact) mass is 533 g/mol. The minimum Gasteiger partial charge on any atom is -0.338 e. The number of hydrogen-bond acceptors (Lipinski definition) is 5. The molecule has 0 N–H and O–H groups in total. The lowest BCUT2D eigenvalue weighted by Gasteiger charge is -2.37. The van der Waals surface area contributed by atoms with Crippen molar-refractivity contribution in [3.63, 3.8) is 0 Å². The first-order valence-corrected chi connectivity index (χ1v) is 14.2. The Morgan fingerprint density at radius 3 is 2.09 bits per heavy atom. The van der Waals surface area contributed by atoms with Gasteiger partial charge in [-0.05, 0) is 44.2 Å². The zero-order chi connectivity index (χ0) is 24.6. The Hall–Kier alpha value is -1.85. The van der Waals surface area contributed by atoms with Gasteiger partial charge >= 0.3 is 0 Å². The Labute approximate surface area is 204 Å². The number of anilines is 1. The van der Waals surface area contributed by atoms with Gasteiger partial charge in [0.05, 0.1) is 21.9 Å². The largest absolute Gasteiger partial charge is 0.338 e. The van der Waals surface area contributed by atoms with Crippen LogP contribution in [0.1, 0.15) is 12.5 Å². The number of amides is 1. The van der Waals surface area contributed by atoms with E-state index in [1.165, 1.54) is 34.3 Å². The summed E-state index contributed by atoms with van der Waals surface area (Å²) in [6, 6.07) is 9.85. The fourth-order valence-electron chi connectivity index (χ4n) is 3.70. The smallest absolute Gasteiger partial charge is 0.246 e. The Morgan fingerprint density at radius 1 is 0.970 bits per heavy atom. The van der Waals surface area contributed by atoms with E-state index in [0.29, 0.717) is 0 Å². The van der Waals surface area contributed by atoms with Crippen LogP contribution in [0, 0.1) is 6.92 Å². The van der Waals surface area contributed by atoms with E-state index in [4.69, 9.17) is 23.2 Å². The second kappa shape index (κ2) is 9.79. The van der Waals surface area contributed by atoms with Gasteiger partial charge in [0.25, 0.3) is 0 Å². The van der Waals surface area contributed by atoms with E-state index in [9.17, 15) is 21.6 Å². The summed E-state index contributed by atoms with van der Waals surface area (Å²) in [5, 5.41) is 0.413. The predicted molar refractivity (Wildman–Crippen MR) is 130 cm³/mol. The molecule has 0 saturated carbocycles. The van der Waals surface area contributed by atoms with E-state index in [0.717, 1.165) is 16.1 Å². The summed E-state index contributed by atoms with van der Waals surface area (Å²) in [5.41, 5.74) is 1.06. The van der Waals surface area contributed by atoms with Crippen LogP contribution in [0.4, 0.5) is 5.69 Å². The standard InChI is InChI=1S/C21H25Cl2N3O5S2/c1-15-4-7-18(8-5-15)33(30,31)25-12-10-24(11-13-25)21(27)16(2)26(32(3,28)29)20-14-17(22)6-9-19(20)23/h4-9,14,16H,10-13H2,1-3H3/t16-/m0/s1. The van der Waals surface area contributed by atoms with Crippen LogP contribution in [0.5, 0.6) is 0 Å². The Balaban J connectivity index is 1.77. The SMILES string of the molecule is Cc1ccc(S(=O)(=O)N2CCN(C(=O)[C@H](C)N(c3cc(Cl)ccc3Cl)S(C)(=O)=O)CC2)cc1. The van der Waals surface area contributed by atoms with Gasteiger partial charge in [0.2, 0.25) is 26.0 Å². The fraction of sp³-hybridized carbons (Fsp3) is 0.381. The number of rotatable bonds is 6. The third-order valence-electron chi connectivity index (χ3n) is 5.42. The summed E-state index contributed by atoms with van der Waals surface area (Å²) in [7, 11) is -7.56. The molecule has 12 heteroatoms. The molecule has 0 bridgehead atoms. The highest BCUT2D eigenvalue weighted by Gasteiger charge is 2.36. The number of carbonyl (C=O) groups excluding carboxylic acids is 1. The van der Waals surface area contributed by atoms with Crippen LogP contribution in [-0.4, -0.2) is 70.4 Å². The van der Waals surface area contributed by atoms with Gasteiger partial charge in [-0.25, -0.2) is 16.8 Å². The molecule has 1 atom stereocenters. The molecule has 8 nitrogen and oxygen atoms in total. The van der Waals surface area contributed by atoms with Gasteiger partial charge in [-0.15, -0.1) is 0 Å². The molecule has 0 aromatic heterocycles. The van der Waals surface area contributed by atoms with Crippen LogP contribution < -0.4 is 4.31 Å². The first-order valence-electron chi connectivity index (χ1n) is 10.1. The lowest BCUT2D eigenvalue weighted by Crippen LogP contribution is -2.56. The van der Waals surface area contributed by atoms with Crippen LogP contribution in [0.2, 0.25) is 10.0 Å². The normalized spacial score (nSPS) is 16.5. The minimum atomic E-state index is -3.88. The molecule has 0 unspecified atom stereocenters. The molecular weight excluding hydrogens is 509 g/mol. The fourth-order valence-corrected chi connectivity index (χ4v) is 6.72. The highest BCUT2D eigenvalue weighted by molar-refractivity contribution is 7.92. The molecule has 180 valence electrons. The molecule has 1 saturated heterocycles.